The second-order valence-electron chi connectivity index (χ2n) is 6.80. The van der Waals surface area contributed by atoms with E-state index in [1.54, 1.807) is 0 Å². The minimum atomic E-state index is -1.57. The number of aliphatic hydroxyl groups is 1. The van der Waals surface area contributed by atoms with E-state index in [1.165, 1.54) is 24.0 Å². The molecule has 1 aromatic rings. The van der Waals surface area contributed by atoms with Crippen LogP contribution in [0, 0.1) is 0 Å². The zero-order valence-corrected chi connectivity index (χ0v) is 14.8. The molecular weight excluding hydrogens is 359 g/mol. The van der Waals surface area contributed by atoms with Crippen molar-refractivity contribution in [2.45, 2.75) is 31.3 Å². The number of likely N-dealkylation sites (tertiary alicyclic amines) is 1. The maximum atomic E-state index is 12.1. The van der Waals surface area contributed by atoms with Crippen LogP contribution in [0.25, 0.3) is 0 Å². The number of nitrogens with zero attached hydrogens (tertiary/aromatic N) is 1. The molecule has 1 atom stereocenters. The van der Waals surface area contributed by atoms with Crippen molar-refractivity contribution < 1.29 is 39.7 Å². The van der Waals surface area contributed by atoms with Crippen molar-refractivity contribution in [2.24, 2.45) is 5.73 Å². The van der Waals surface area contributed by atoms with Crippen LogP contribution in [0.15, 0.2) is 12.1 Å². The molecule has 11 heteroatoms. The van der Waals surface area contributed by atoms with Gasteiger partial charge in [-0.2, -0.15) is 0 Å². The number of nitrogens with two attached hydrogens (primary N) is 1. The Hall–Kier alpha value is -2.34. The fourth-order valence-corrected chi connectivity index (χ4v) is 2.69. The number of aromatic carboxylic acids is 1. The summed E-state index contributed by atoms with van der Waals surface area (Å²) in [4.78, 5) is 25.0. The number of aliphatic hydroxyl groups excluding tert-OH is 1. The maximum Gasteiger partial charge on any atom is 0.451 e. The summed E-state index contributed by atoms with van der Waals surface area (Å²) in [6.45, 7) is 1.24. The van der Waals surface area contributed by atoms with Gasteiger partial charge in [0, 0.05) is 0 Å². The minimum Gasteiger partial charge on any atom is -0.507 e. The van der Waals surface area contributed by atoms with Crippen molar-refractivity contribution >= 4 is 19.0 Å². The van der Waals surface area contributed by atoms with Gasteiger partial charge in [0.2, 0.25) is 5.91 Å². The highest BCUT2D eigenvalue weighted by molar-refractivity contribution is 6.41. The Balaban J connectivity index is 2.08. The van der Waals surface area contributed by atoms with Crippen LogP contribution in [-0.2, 0) is 11.2 Å². The number of carbonyl (C=O) groups is 2. The predicted molar refractivity (Wildman–Crippen MR) is 94.4 cm³/mol. The lowest BCUT2D eigenvalue weighted by Crippen LogP contribution is -2.64. The standard InChI is InChI=1S/C16H23BN2O8/c1-16(18,8-20)15(24)19-6-10(7-19)27-11-3-2-9(4-5-17(25)26)13(21)12(11)14(22)23/h2-3,10,20-21,25-26H,4-8,18H2,1H3,(H,22,23)/t16-/m1/s1. The molecule has 0 radical (unpaired) electrons. The van der Waals surface area contributed by atoms with Gasteiger partial charge in [-0.25, -0.2) is 4.79 Å². The smallest absolute Gasteiger partial charge is 0.451 e. The molecule has 10 nitrogen and oxygen atoms in total. The van der Waals surface area contributed by atoms with E-state index in [9.17, 15) is 19.8 Å². The third kappa shape index (κ3) is 4.69. The number of hydrogen-bond donors (Lipinski definition) is 6. The summed E-state index contributed by atoms with van der Waals surface area (Å²) < 4.78 is 5.59. The van der Waals surface area contributed by atoms with Crippen molar-refractivity contribution in [1.82, 2.24) is 4.90 Å². The maximum absolute atomic E-state index is 12.1. The summed E-state index contributed by atoms with van der Waals surface area (Å²) >= 11 is 0. The summed E-state index contributed by atoms with van der Waals surface area (Å²) in [6.07, 6.45) is -0.465. The molecule has 1 aromatic carbocycles. The van der Waals surface area contributed by atoms with Gasteiger partial charge in [-0.1, -0.05) is 6.07 Å². The highest BCUT2D eigenvalue weighted by Gasteiger charge is 2.40. The topological polar surface area (TPSA) is 174 Å². The highest BCUT2D eigenvalue weighted by atomic mass is 16.5. The minimum absolute atomic E-state index is 0.0527. The number of hydrogen-bond acceptors (Lipinski definition) is 8. The first-order valence-electron chi connectivity index (χ1n) is 8.37. The summed E-state index contributed by atoms with van der Waals surface area (Å²) in [5.74, 6) is -2.38. The van der Waals surface area contributed by atoms with Gasteiger partial charge in [-0.3, -0.25) is 4.79 Å². The lowest BCUT2D eigenvalue weighted by atomic mass is 9.82. The third-order valence-electron chi connectivity index (χ3n) is 4.35. The normalized spacial score (nSPS) is 16.4. The van der Waals surface area contributed by atoms with Crippen molar-refractivity contribution in [2.75, 3.05) is 19.7 Å². The molecule has 0 spiro atoms. The number of ether oxygens (including phenoxy) is 1. The summed E-state index contributed by atoms with van der Waals surface area (Å²) in [5, 5.41) is 46.6. The lowest BCUT2D eigenvalue weighted by molar-refractivity contribution is -0.146. The SMILES string of the molecule is C[C@@](N)(CO)C(=O)N1CC(Oc2ccc(CCB(O)O)c(O)c2C(=O)O)C1. The predicted octanol–water partition coefficient (Wildman–Crippen LogP) is -1.59. The van der Waals surface area contributed by atoms with Crippen LogP contribution in [0.4, 0.5) is 0 Å². The van der Waals surface area contributed by atoms with Gasteiger partial charge in [-0.05, 0) is 31.3 Å². The fourth-order valence-electron chi connectivity index (χ4n) is 2.69. The first-order valence-corrected chi connectivity index (χ1v) is 8.37. The summed E-state index contributed by atoms with van der Waals surface area (Å²) in [5.41, 5.74) is 4.12. The van der Waals surface area contributed by atoms with Crippen LogP contribution in [0.1, 0.15) is 22.8 Å². The van der Waals surface area contributed by atoms with Crippen LogP contribution in [0.2, 0.25) is 6.32 Å². The van der Waals surface area contributed by atoms with E-state index in [4.69, 9.17) is 25.6 Å². The average Bonchev–Trinajstić information content (AvgIpc) is 2.55. The third-order valence-corrected chi connectivity index (χ3v) is 4.35. The molecule has 1 aliphatic heterocycles. The lowest BCUT2D eigenvalue weighted by Gasteiger charge is -2.42. The number of aryl methyl sites for hydroxylation is 1. The molecule has 1 amide bonds. The molecule has 0 aromatic heterocycles. The van der Waals surface area contributed by atoms with Gasteiger partial charge in [-0.15, -0.1) is 0 Å². The number of phenols is 1. The zero-order valence-electron chi connectivity index (χ0n) is 14.8. The molecule has 27 heavy (non-hydrogen) atoms. The zero-order chi connectivity index (χ0) is 20.4. The Kier molecular flexibility index (Phi) is 6.32. The number of carbonyl (C=O) groups excluding carboxylic acids is 1. The number of aromatic hydroxyl groups is 1. The van der Waals surface area contributed by atoms with E-state index in [0.717, 1.165) is 0 Å². The molecule has 1 saturated heterocycles. The van der Waals surface area contributed by atoms with Crippen LogP contribution in [0.5, 0.6) is 11.5 Å². The van der Waals surface area contributed by atoms with Crippen LogP contribution >= 0.6 is 0 Å². The van der Waals surface area contributed by atoms with E-state index in [2.05, 4.69) is 0 Å². The molecule has 1 fully saturated rings. The molecule has 7 N–H and O–H groups in total. The highest BCUT2D eigenvalue weighted by Crippen LogP contribution is 2.34. The second-order valence-corrected chi connectivity index (χ2v) is 6.80. The number of carboxylic acids is 1. The van der Waals surface area contributed by atoms with Gasteiger partial charge in [0.15, 0.2) is 0 Å². The van der Waals surface area contributed by atoms with Crippen molar-refractivity contribution in [3.05, 3.63) is 23.3 Å². The Bertz CT molecular complexity index is 719. The number of carboxylic acid groups (broad SMARTS) is 1. The van der Waals surface area contributed by atoms with Crippen LogP contribution < -0.4 is 10.5 Å². The molecule has 0 aliphatic carbocycles. The van der Waals surface area contributed by atoms with Gasteiger partial charge >= 0.3 is 13.1 Å². The summed E-state index contributed by atoms with van der Waals surface area (Å²) in [7, 11) is -1.57. The first-order chi connectivity index (χ1) is 12.6. The molecule has 2 rings (SSSR count). The van der Waals surface area contributed by atoms with Crippen molar-refractivity contribution in [3.8, 4) is 11.5 Å². The van der Waals surface area contributed by atoms with E-state index in [-0.39, 0.29) is 37.1 Å². The van der Waals surface area contributed by atoms with E-state index in [0.29, 0.717) is 0 Å². The largest absolute Gasteiger partial charge is 0.507 e. The Labute approximate surface area is 155 Å². The quantitative estimate of drug-likeness (QED) is 0.290. The molecule has 0 bridgehead atoms. The fraction of sp³-hybridized carbons (Fsp3) is 0.500. The van der Waals surface area contributed by atoms with Gasteiger partial charge < -0.3 is 40.7 Å². The van der Waals surface area contributed by atoms with Crippen molar-refractivity contribution in [1.29, 1.82) is 0 Å². The van der Waals surface area contributed by atoms with Crippen LogP contribution in [0.3, 0.4) is 0 Å². The van der Waals surface area contributed by atoms with Crippen molar-refractivity contribution in [3.63, 3.8) is 0 Å². The van der Waals surface area contributed by atoms with E-state index >= 15 is 0 Å². The monoisotopic (exact) mass is 382 g/mol. The molecule has 148 valence electrons. The molecule has 0 unspecified atom stereocenters. The molecule has 1 aliphatic rings. The van der Waals surface area contributed by atoms with E-state index < -0.39 is 48.6 Å². The Morgan fingerprint density at radius 2 is 2.00 bits per heavy atom. The van der Waals surface area contributed by atoms with Gasteiger partial charge in [0.1, 0.15) is 28.7 Å². The summed E-state index contributed by atoms with van der Waals surface area (Å²) in [6, 6.07) is 2.83. The average molecular weight is 382 g/mol. The van der Waals surface area contributed by atoms with Gasteiger partial charge in [0.05, 0.1) is 19.7 Å². The number of amides is 1. The first kappa shape index (κ1) is 21.0. The number of benzene rings is 1. The molecule has 1 heterocycles. The Morgan fingerprint density at radius 1 is 1.37 bits per heavy atom. The van der Waals surface area contributed by atoms with Gasteiger partial charge in [0.25, 0.3) is 0 Å². The molecular formula is C16H23BN2O8. The molecule has 0 saturated carbocycles. The van der Waals surface area contributed by atoms with E-state index in [1.807, 2.05) is 0 Å². The van der Waals surface area contributed by atoms with Crippen LogP contribution in [-0.4, -0.2) is 80.6 Å². The second kappa shape index (κ2) is 8.13. The number of rotatable bonds is 8. The Morgan fingerprint density at radius 3 is 2.52 bits per heavy atom.